The molecular formula is C14H19F2NO2. The van der Waals surface area contributed by atoms with E-state index in [-0.39, 0.29) is 17.6 Å². The molecule has 3 nitrogen and oxygen atoms in total. The predicted octanol–water partition coefficient (Wildman–Crippen LogP) is 2.49. The molecule has 1 rings (SSSR count). The van der Waals surface area contributed by atoms with E-state index in [4.69, 9.17) is 5.11 Å². The van der Waals surface area contributed by atoms with Crippen LogP contribution in [0.4, 0.5) is 8.78 Å². The number of aliphatic hydroxyl groups excluding tert-OH is 1. The van der Waals surface area contributed by atoms with E-state index in [1.54, 1.807) is 0 Å². The van der Waals surface area contributed by atoms with Crippen LogP contribution in [-0.4, -0.2) is 24.2 Å². The van der Waals surface area contributed by atoms with Crippen molar-refractivity contribution in [2.75, 3.05) is 13.2 Å². The Balaban J connectivity index is 2.62. The van der Waals surface area contributed by atoms with E-state index in [1.165, 1.54) is 0 Å². The summed E-state index contributed by atoms with van der Waals surface area (Å²) < 4.78 is 26.4. The van der Waals surface area contributed by atoms with Crippen LogP contribution in [0.3, 0.4) is 0 Å². The highest BCUT2D eigenvalue weighted by atomic mass is 19.1. The molecule has 0 fully saturated rings. The van der Waals surface area contributed by atoms with Gasteiger partial charge in [-0.2, -0.15) is 0 Å². The first-order valence-electron chi connectivity index (χ1n) is 6.20. The lowest BCUT2D eigenvalue weighted by molar-refractivity contribution is 0.0928. The van der Waals surface area contributed by atoms with E-state index in [0.29, 0.717) is 13.0 Å². The molecule has 0 aliphatic carbocycles. The molecule has 0 bridgehead atoms. The maximum Gasteiger partial charge on any atom is 0.254 e. The van der Waals surface area contributed by atoms with Crippen LogP contribution in [0.25, 0.3) is 0 Å². The van der Waals surface area contributed by atoms with E-state index in [9.17, 15) is 13.6 Å². The van der Waals surface area contributed by atoms with Crippen molar-refractivity contribution < 1.29 is 18.7 Å². The summed E-state index contributed by atoms with van der Waals surface area (Å²) in [5.74, 6) is -2.02. The van der Waals surface area contributed by atoms with Gasteiger partial charge in [-0.15, -0.1) is 0 Å². The molecule has 1 amide bonds. The molecule has 0 saturated carbocycles. The first-order chi connectivity index (χ1) is 8.85. The third kappa shape index (κ3) is 4.95. The van der Waals surface area contributed by atoms with Gasteiger partial charge in [-0.1, -0.05) is 13.8 Å². The van der Waals surface area contributed by atoms with E-state index in [1.807, 2.05) is 13.8 Å². The highest BCUT2D eigenvalue weighted by molar-refractivity contribution is 5.94. The van der Waals surface area contributed by atoms with Crippen molar-refractivity contribution in [3.63, 3.8) is 0 Å². The highest BCUT2D eigenvalue weighted by Crippen LogP contribution is 2.21. The molecule has 0 unspecified atom stereocenters. The summed E-state index contributed by atoms with van der Waals surface area (Å²) in [6, 6.07) is 2.78. The molecule has 5 heteroatoms. The zero-order valence-corrected chi connectivity index (χ0v) is 11.2. The van der Waals surface area contributed by atoms with Gasteiger partial charge in [0.05, 0.1) is 5.56 Å². The number of halogens is 2. The van der Waals surface area contributed by atoms with Gasteiger partial charge < -0.3 is 10.4 Å². The average molecular weight is 271 g/mol. The van der Waals surface area contributed by atoms with Crippen molar-refractivity contribution in [1.82, 2.24) is 5.32 Å². The van der Waals surface area contributed by atoms with Crippen LogP contribution in [0.5, 0.6) is 0 Å². The van der Waals surface area contributed by atoms with Crippen molar-refractivity contribution >= 4 is 5.91 Å². The maximum atomic E-state index is 13.4. The Hall–Kier alpha value is -1.49. The summed E-state index contributed by atoms with van der Waals surface area (Å²) in [4.78, 5) is 11.8. The van der Waals surface area contributed by atoms with Gasteiger partial charge >= 0.3 is 0 Å². The summed E-state index contributed by atoms with van der Waals surface area (Å²) >= 11 is 0. The molecule has 0 aromatic heterocycles. The van der Waals surface area contributed by atoms with Crippen molar-refractivity contribution in [1.29, 1.82) is 0 Å². The molecule has 0 aliphatic heterocycles. The molecule has 1 aromatic rings. The number of amides is 1. The Labute approximate surface area is 111 Å². The molecule has 0 saturated heterocycles. The normalized spacial score (nSPS) is 11.4. The number of rotatable bonds is 6. The number of carbonyl (C=O) groups is 1. The number of hydrogen-bond donors (Lipinski definition) is 2. The van der Waals surface area contributed by atoms with Crippen LogP contribution < -0.4 is 5.32 Å². The van der Waals surface area contributed by atoms with Crippen LogP contribution in [0.1, 0.15) is 37.0 Å². The number of aliphatic hydroxyl groups is 1. The van der Waals surface area contributed by atoms with Gasteiger partial charge in [0.1, 0.15) is 11.6 Å². The fourth-order valence-electron chi connectivity index (χ4n) is 1.73. The highest BCUT2D eigenvalue weighted by Gasteiger charge is 2.20. The van der Waals surface area contributed by atoms with E-state index >= 15 is 0 Å². The van der Waals surface area contributed by atoms with Gasteiger partial charge in [-0.3, -0.25) is 4.79 Å². The Kier molecular flexibility index (Phi) is 5.42. The maximum absolute atomic E-state index is 13.4. The van der Waals surface area contributed by atoms with Crippen LogP contribution in [-0.2, 0) is 0 Å². The Morgan fingerprint density at radius 1 is 1.37 bits per heavy atom. The number of hydrogen-bond acceptors (Lipinski definition) is 2. The molecule has 0 radical (unpaired) electrons. The molecule has 106 valence electrons. The Morgan fingerprint density at radius 2 is 2.05 bits per heavy atom. The predicted molar refractivity (Wildman–Crippen MR) is 68.8 cm³/mol. The van der Waals surface area contributed by atoms with Crippen molar-refractivity contribution in [3.8, 4) is 0 Å². The second kappa shape index (κ2) is 6.61. The monoisotopic (exact) mass is 271 g/mol. The third-order valence-corrected chi connectivity index (χ3v) is 2.91. The zero-order chi connectivity index (χ0) is 14.5. The third-order valence-electron chi connectivity index (χ3n) is 2.91. The van der Waals surface area contributed by atoms with Gasteiger partial charge in [0.15, 0.2) is 0 Å². The second-order valence-electron chi connectivity index (χ2n) is 5.30. The standard InChI is InChI=1S/C14H19F2NO2/c1-14(2,6-3-7-18)9-17-13(19)11-8-10(15)4-5-12(11)16/h4-5,8,18H,3,6-7,9H2,1-2H3,(H,17,19). The Morgan fingerprint density at radius 3 is 2.68 bits per heavy atom. The lowest BCUT2D eigenvalue weighted by atomic mass is 9.88. The van der Waals surface area contributed by atoms with Crippen LogP contribution in [0.15, 0.2) is 18.2 Å². The molecule has 0 atom stereocenters. The molecular weight excluding hydrogens is 252 g/mol. The summed E-state index contributed by atoms with van der Waals surface area (Å²) in [5.41, 5.74) is -0.500. The molecule has 0 heterocycles. The van der Waals surface area contributed by atoms with Crippen LogP contribution in [0, 0.1) is 17.0 Å². The van der Waals surface area contributed by atoms with Gasteiger partial charge in [0, 0.05) is 13.2 Å². The van der Waals surface area contributed by atoms with E-state index in [2.05, 4.69) is 5.32 Å². The SMILES string of the molecule is CC(C)(CCCO)CNC(=O)c1cc(F)ccc1F. The quantitative estimate of drug-likeness (QED) is 0.835. The topological polar surface area (TPSA) is 49.3 Å². The summed E-state index contributed by atoms with van der Waals surface area (Å²) in [6.45, 7) is 4.30. The average Bonchev–Trinajstić information content (AvgIpc) is 2.36. The summed E-state index contributed by atoms with van der Waals surface area (Å²) in [7, 11) is 0. The molecule has 0 aliphatic rings. The fourth-order valence-corrected chi connectivity index (χ4v) is 1.73. The van der Waals surface area contributed by atoms with Crippen molar-refractivity contribution in [2.24, 2.45) is 5.41 Å². The van der Waals surface area contributed by atoms with Crippen molar-refractivity contribution in [2.45, 2.75) is 26.7 Å². The van der Waals surface area contributed by atoms with E-state index < -0.39 is 17.5 Å². The lowest BCUT2D eigenvalue weighted by Gasteiger charge is -2.24. The minimum atomic E-state index is -0.743. The van der Waals surface area contributed by atoms with Crippen LogP contribution in [0.2, 0.25) is 0 Å². The summed E-state index contributed by atoms with van der Waals surface area (Å²) in [5, 5.41) is 11.4. The number of nitrogens with one attached hydrogen (secondary N) is 1. The van der Waals surface area contributed by atoms with Gasteiger partial charge in [0.25, 0.3) is 5.91 Å². The van der Waals surface area contributed by atoms with Crippen molar-refractivity contribution in [3.05, 3.63) is 35.4 Å². The molecule has 19 heavy (non-hydrogen) atoms. The number of carbonyl (C=O) groups excluding carboxylic acids is 1. The number of benzene rings is 1. The minimum Gasteiger partial charge on any atom is -0.396 e. The summed E-state index contributed by atoms with van der Waals surface area (Å²) in [6.07, 6.45) is 1.37. The molecule has 1 aromatic carbocycles. The zero-order valence-electron chi connectivity index (χ0n) is 11.2. The van der Waals surface area contributed by atoms with Crippen LogP contribution >= 0.6 is 0 Å². The fraction of sp³-hybridized carbons (Fsp3) is 0.500. The van der Waals surface area contributed by atoms with Gasteiger partial charge in [0.2, 0.25) is 0 Å². The first kappa shape index (κ1) is 15.6. The lowest BCUT2D eigenvalue weighted by Crippen LogP contribution is -2.34. The minimum absolute atomic E-state index is 0.0932. The molecule has 2 N–H and O–H groups in total. The van der Waals surface area contributed by atoms with E-state index in [0.717, 1.165) is 24.6 Å². The van der Waals surface area contributed by atoms with Gasteiger partial charge in [-0.05, 0) is 36.5 Å². The second-order valence-corrected chi connectivity index (χ2v) is 5.30. The first-order valence-corrected chi connectivity index (χ1v) is 6.20. The van der Waals surface area contributed by atoms with Gasteiger partial charge in [-0.25, -0.2) is 8.78 Å². The Bertz CT molecular complexity index is 447. The molecule has 0 spiro atoms. The smallest absolute Gasteiger partial charge is 0.254 e. The largest absolute Gasteiger partial charge is 0.396 e.